The van der Waals surface area contributed by atoms with Crippen molar-refractivity contribution in [2.75, 3.05) is 17.2 Å². The number of nitrogens with zero attached hydrogens (tertiary/aromatic N) is 1. The van der Waals surface area contributed by atoms with E-state index in [1.807, 2.05) is 0 Å². The first kappa shape index (κ1) is 16.2. The Morgan fingerprint density at radius 1 is 1.22 bits per heavy atom. The molecule has 1 heterocycles. The van der Waals surface area contributed by atoms with Gasteiger partial charge in [-0.3, -0.25) is 9.59 Å². The summed E-state index contributed by atoms with van der Waals surface area (Å²) in [6.07, 6.45) is 0. The Hall–Kier alpha value is -3.16. The van der Waals surface area contributed by atoms with Crippen molar-refractivity contribution in [3.63, 3.8) is 0 Å². The number of hydrogen-bond acceptors (Lipinski definition) is 6. The summed E-state index contributed by atoms with van der Waals surface area (Å²) in [5.41, 5.74) is 0.691. The molecule has 2 N–H and O–H groups in total. The first-order chi connectivity index (χ1) is 10.9. The van der Waals surface area contributed by atoms with E-state index in [1.54, 1.807) is 19.1 Å². The molecule has 1 aromatic heterocycles. The van der Waals surface area contributed by atoms with Crippen LogP contribution in [0, 0.1) is 6.92 Å². The fraction of sp³-hybridized carbons (Fsp3) is 0.200. The highest BCUT2D eigenvalue weighted by Crippen LogP contribution is 2.12. The van der Waals surface area contributed by atoms with E-state index in [2.05, 4.69) is 15.8 Å². The van der Waals surface area contributed by atoms with Gasteiger partial charge in [-0.25, -0.2) is 4.79 Å². The molecule has 2 rings (SSSR count). The van der Waals surface area contributed by atoms with E-state index >= 15 is 0 Å². The number of amides is 2. The molecule has 0 atom stereocenters. The molecule has 0 saturated carbocycles. The topological polar surface area (TPSA) is 111 Å². The molecular weight excluding hydrogens is 302 g/mol. The van der Waals surface area contributed by atoms with Crippen LogP contribution in [0.15, 0.2) is 34.9 Å². The van der Waals surface area contributed by atoms with E-state index < -0.39 is 18.5 Å². The average molecular weight is 317 g/mol. The molecule has 0 bridgehead atoms. The molecule has 0 fully saturated rings. The largest absolute Gasteiger partial charge is 0.452 e. The number of carbonyl (C=O) groups excluding carboxylic acids is 3. The maximum atomic E-state index is 11.9. The second kappa shape index (κ2) is 7.21. The lowest BCUT2D eigenvalue weighted by atomic mass is 10.2. The molecule has 1 aromatic carbocycles. The second-order valence-electron chi connectivity index (χ2n) is 4.71. The van der Waals surface area contributed by atoms with Gasteiger partial charge in [-0.1, -0.05) is 11.2 Å². The SMILES string of the molecule is CC(=O)Nc1cccc(C(=O)OCC(=O)Nc2cc(C)on2)c1. The van der Waals surface area contributed by atoms with Crippen LogP contribution < -0.4 is 10.6 Å². The lowest BCUT2D eigenvalue weighted by Crippen LogP contribution is -2.21. The van der Waals surface area contributed by atoms with Gasteiger partial charge in [0.2, 0.25) is 5.91 Å². The van der Waals surface area contributed by atoms with Crippen LogP contribution in [0.1, 0.15) is 23.0 Å². The zero-order valence-corrected chi connectivity index (χ0v) is 12.6. The normalized spacial score (nSPS) is 10.0. The molecule has 8 heteroatoms. The summed E-state index contributed by atoms with van der Waals surface area (Å²) in [7, 11) is 0. The molecular formula is C15H15N3O5. The summed E-state index contributed by atoms with van der Waals surface area (Å²) in [5.74, 6) is -0.672. The highest BCUT2D eigenvalue weighted by Gasteiger charge is 2.12. The molecule has 0 saturated heterocycles. The van der Waals surface area contributed by atoms with Gasteiger partial charge in [0.1, 0.15) is 5.76 Å². The van der Waals surface area contributed by atoms with Crippen molar-refractivity contribution < 1.29 is 23.6 Å². The van der Waals surface area contributed by atoms with E-state index in [9.17, 15) is 14.4 Å². The van der Waals surface area contributed by atoms with Crippen LogP contribution in [0.5, 0.6) is 0 Å². The zero-order chi connectivity index (χ0) is 16.8. The van der Waals surface area contributed by atoms with Crippen molar-refractivity contribution in [3.05, 3.63) is 41.7 Å². The third-order valence-electron chi connectivity index (χ3n) is 2.65. The highest BCUT2D eigenvalue weighted by atomic mass is 16.5. The first-order valence-corrected chi connectivity index (χ1v) is 6.72. The van der Waals surface area contributed by atoms with Crippen molar-refractivity contribution in [2.45, 2.75) is 13.8 Å². The molecule has 0 spiro atoms. The van der Waals surface area contributed by atoms with E-state index in [1.165, 1.54) is 25.1 Å². The van der Waals surface area contributed by atoms with Gasteiger partial charge in [0, 0.05) is 18.7 Å². The Morgan fingerprint density at radius 2 is 2.00 bits per heavy atom. The standard InChI is InChI=1S/C15H15N3O5/c1-9-6-13(18-23-9)17-14(20)8-22-15(21)11-4-3-5-12(7-11)16-10(2)19/h3-7H,8H2,1-2H3,(H,16,19)(H,17,18,20). The zero-order valence-electron chi connectivity index (χ0n) is 12.6. The molecule has 0 aliphatic rings. The van der Waals surface area contributed by atoms with E-state index in [0.29, 0.717) is 11.4 Å². The van der Waals surface area contributed by atoms with Crippen molar-refractivity contribution >= 4 is 29.3 Å². The number of nitrogens with one attached hydrogen (secondary N) is 2. The highest BCUT2D eigenvalue weighted by molar-refractivity contribution is 5.96. The summed E-state index contributed by atoms with van der Waals surface area (Å²) in [5, 5.41) is 8.58. The van der Waals surface area contributed by atoms with Crippen molar-refractivity contribution in [1.29, 1.82) is 0 Å². The van der Waals surface area contributed by atoms with Crippen molar-refractivity contribution in [3.8, 4) is 0 Å². The lowest BCUT2D eigenvalue weighted by molar-refractivity contribution is -0.119. The average Bonchev–Trinajstić information content (AvgIpc) is 2.89. The smallest absolute Gasteiger partial charge is 0.338 e. The molecule has 0 aliphatic carbocycles. The van der Waals surface area contributed by atoms with Crippen molar-refractivity contribution in [2.24, 2.45) is 0 Å². The van der Waals surface area contributed by atoms with Crippen LogP contribution in [0.25, 0.3) is 0 Å². The van der Waals surface area contributed by atoms with Gasteiger partial charge in [0.25, 0.3) is 5.91 Å². The molecule has 23 heavy (non-hydrogen) atoms. The minimum Gasteiger partial charge on any atom is -0.452 e. The number of aromatic nitrogens is 1. The summed E-state index contributed by atoms with van der Waals surface area (Å²) in [6.45, 7) is 2.58. The second-order valence-corrected chi connectivity index (χ2v) is 4.71. The quantitative estimate of drug-likeness (QED) is 0.813. The minimum absolute atomic E-state index is 0.223. The predicted octanol–water partition coefficient (Wildman–Crippen LogP) is 1.74. The number of ether oxygens (including phenoxy) is 1. The Kier molecular flexibility index (Phi) is 5.08. The van der Waals surface area contributed by atoms with Gasteiger partial charge >= 0.3 is 5.97 Å². The predicted molar refractivity (Wildman–Crippen MR) is 80.9 cm³/mol. The fourth-order valence-corrected chi connectivity index (χ4v) is 1.75. The van der Waals surface area contributed by atoms with E-state index in [-0.39, 0.29) is 17.3 Å². The summed E-state index contributed by atoms with van der Waals surface area (Å²) in [4.78, 5) is 34.5. The maximum absolute atomic E-state index is 11.9. The Labute approximate surface area is 131 Å². The number of aryl methyl sites for hydroxylation is 1. The molecule has 0 unspecified atom stereocenters. The van der Waals surface area contributed by atoms with Gasteiger partial charge in [-0.15, -0.1) is 0 Å². The molecule has 8 nitrogen and oxygen atoms in total. The fourth-order valence-electron chi connectivity index (χ4n) is 1.75. The lowest BCUT2D eigenvalue weighted by Gasteiger charge is -2.06. The third kappa shape index (κ3) is 4.95. The van der Waals surface area contributed by atoms with Crippen LogP contribution in [0.3, 0.4) is 0 Å². The maximum Gasteiger partial charge on any atom is 0.338 e. The molecule has 2 amide bonds. The Balaban J connectivity index is 1.89. The first-order valence-electron chi connectivity index (χ1n) is 6.72. The van der Waals surface area contributed by atoms with Gasteiger partial charge in [-0.05, 0) is 25.1 Å². The third-order valence-corrected chi connectivity index (χ3v) is 2.65. The Bertz CT molecular complexity index is 738. The number of esters is 1. The van der Waals surface area contributed by atoms with Gasteiger partial charge < -0.3 is 19.9 Å². The molecule has 0 aliphatic heterocycles. The number of rotatable bonds is 5. The van der Waals surface area contributed by atoms with Crippen LogP contribution in [-0.2, 0) is 14.3 Å². The van der Waals surface area contributed by atoms with Crippen LogP contribution >= 0.6 is 0 Å². The van der Waals surface area contributed by atoms with Crippen LogP contribution in [0.4, 0.5) is 11.5 Å². The van der Waals surface area contributed by atoms with Crippen LogP contribution in [-0.4, -0.2) is 29.5 Å². The summed E-state index contributed by atoms with van der Waals surface area (Å²) < 4.78 is 9.70. The van der Waals surface area contributed by atoms with Gasteiger partial charge in [0.05, 0.1) is 5.56 Å². The Morgan fingerprint density at radius 3 is 2.65 bits per heavy atom. The minimum atomic E-state index is -0.677. The number of benzene rings is 1. The number of carbonyl (C=O) groups is 3. The van der Waals surface area contributed by atoms with E-state index in [4.69, 9.17) is 9.26 Å². The number of hydrogen-bond donors (Lipinski definition) is 2. The molecule has 120 valence electrons. The van der Waals surface area contributed by atoms with E-state index in [0.717, 1.165) is 0 Å². The van der Waals surface area contributed by atoms with Gasteiger partial charge in [-0.2, -0.15) is 0 Å². The van der Waals surface area contributed by atoms with Crippen molar-refractivity contribution in [1.82, 2.24) is 5.16 Å². The van der Waals surface area contributed by atoms with Crippen LogP contribution in [0.2, 0.25) is 0 Å². The molecule has 0 radical (unpaired) electrons. The number of anilines is 2. The summed E-state index contributed by atoms with van der Waals surface area (Å²) in [6, 6.07) is 7.75. The van der Waals surface area contributed by atoms with Gasteiger partial charge in [0.15, 0.2) is 12.4 Å². The molecule has 2 aromatic rings. The summed E-state index contributed by atoms with van der Waals surface area (Å²) >= 11 is 0. The monoisotopic (exact) mass is 317 g/mol.